The van der Waals surface area contributed by atoms with E-state index in [1.807, 2.05) is 12.1 Å². The monoisotopic (exact) mass is 366 g/mol. The highest BCUT2D eigenvalue weighted by molar-refractivity contribution is 5.87. The summed E-state index contributed by atoms with van der Waals surface area (Å²) >= 11 is 0. The van der Waals surface area contributed by atoms with Crippen molar-refractivity contribution in [3.8, 4) is 11.6 Å². The summed E-state index contributed by atoms with van der Waals surface area (Å²) in [4.78, 5) is 24.5. The summed E-state index contributed by atoms with van der Waals surface area (Å²) in [6.45, 7) is 12.7. The van der Waals surface area contributed by atoms with Gasteiger partial charge in [0.15, 0.2) is 5.82 Å². The van der Waals surface area contributed by atoms with Gasteiger partial charge in [-0.1, -0.05) is 39.5 Å². The molecule has 2 aromatic rings. The minimum Gasteiger partial charge on any atom is -0.436 e. The van der Waals surface area contributed by atoms with E-state index in [9.17, 15) is 4.79 Å². The molecule has 1 saturated heterocycles. The van der Waals surface area contributed by atoms with Gasteiger partial charge in [0.1, 0.15) is 5.75 Å². The Hall–Kier alpha value is -2.89. The average molecular weight is 366 g/mol. The van der Waals surface area contributed by atoms with Gasteiger partial charge in [-0.15, -0.1) is 0 Å². The second kappa shape index (κ2) is 7.78. The van der Waals surface area contributed by atoms with Crippen molar-refractivity contribution in [1.82, 2.24) is 14.9 Å². The number of ether oxygens (including phenoxy) is 1. The van der Waals surface area contributed by atoms with Crippen LogP contribution in [-0.4, -0.2) is 47.0 Å². The number of anilines is 1. The first-order chi connectivity index (χ1) is 12.9. The van der Waals surface area contributed by atoms with Crippen LogP contribution in [0, 0.1) is 0 Å². The standard InChI is InChI=1S/C21H26N4O2/c1-5-18(26)24-12-14-25(15-13-24)19-20(23-11-10-22-19)27-17-8-6-16(7-9-17)21(2,3)4/h5-11H,1,12-15H2,2-4H3. The number of benzene rings is 1. The molecule has 1 aromatic carbocycles. The van der Waals surface area contributed by atoms with Crippen molar-refractivity contribution < 1.29 is 9.53 Å². The normalized spacial score (nSPS) is 14.8. The van der Waals surface area contributed by atoms with Crippen molar-refractivity contribution in [1.29, 1.82) is 0 Å². The van der Waals surface area contributed by atoms with Gasteiger partial charge >= 0.3 is 0 Å². The molecule has 0 radical (unpaired) electrons. The first kappa shape index (κ1) is 18.9. The Morgan fingerprint density at radius 1 is 1.07 bits per heavy atom. The lowest BCUT2D eigenvalue weighted by molar-refractivity contribution is -0.126. The van der Waals surface area contributed by atoms with Gasteiger partial charge < -0.3 is 14.5 Å². The Morgan fingerprint density at radius 2 is 1.70 bits per heavy atom. The second-order valence-corrected chi connectivity index (χ2v) is 7.58. The lowest BCUT2D eigenvalue weighted by atomic mass is 9.87. The van der Waals surface area contributed by atoms with E-state index < -0.39 is 0 Å². The molecule has 0 saturated carbocycles. The third kappa shape index (κ3) is 4.45. The highest BCUT2D eigenvalue weighted by Crippen LogP contribution is 2.30. The number of carbonyl (C=O) groups is 1. The summed E-state index contributed by atoms with van der Waals surface area (Å²) in [7, 11) is 0. The van der Waals surface area contributed by atoms with E-state index in [2.05, 4.69) is 54.4 Å². The van der Waals surface area contributed by atoms with E-state index in [-0.39, 0.29) is 11.3 Å². The SMILES string of the molecule is C=CC(=O)N1CCN(c2nccnc2Oc2ccc(C(C)(C)C)cc2)CC1. The molecule has 27 heavy (non-hydrogen) atoms. The van der Waals surface area contributed by atoms with Gasteiger partial charge in [-0.25, -0.2) is 9.97 Å². The quantitative estimate of drug-likeness (QED) is 0.776. The molecular weight excluding hydrogens is 340 g/mol. The van der Waals surface area contributed by atoms with Crippen LogP contribution in [0.25, 0.3) is 0 Å². The Balaban J connectivity index is 1.73. The molecule has 142 valence electrons. The van der Waals surface area contributed by atoms with Crippen LogP contribution in [0.4, 0.5) is 5.82 Å². The predicted molar refractivity (Wildman–Crippen MR) is 106 cm³/mol. The first-order valence-electron chi connectivity index (χ1n) is 9.14. The number of piperazine rings is 1. The first-order valence-corrected chi connectivity index (χ1v) is 9.14. The van der Waals surface area contributed by atoms with Crippen LogP contribution in [0.1, 0.15) is 26.3 Å². The molecule has 0 spiro atoms. The van der Waals surface area contributed by atoms with Crippen molar-refractivity contribution >= 4 is 11.7 Å². The van der Waals surface area contributed by atoms with E-state index in [4.69, 9.17) is 4.74 Å². The highest BCUT2D eigenvalue weighted by Gasteiger charge is 2.23. The van der Waals surface area contributed by atoms with Crippen molar-refractivity contribution in [3.63, 3.8) is 0 Å². The smallest absolute Gasteiger partial charge is 0.263 e. The van der Waals surface area contributed by atoms with Crippen LogP contribution in [0.15, 0.2) is 49.3 Å². The molecule has 0 aliphatic carbocycles. The molecule has 1 aromatic heterocycles. The third-order valence-electron chi connectivity index (χ3n) is 4.65. The molecular formula is C21H26N4O2. The minimum absolute atomic E-state index is 0.0378. The fraction of sp³-hybridized carbons (Fsp3) is 0.381. The highest BCUT2D eigenvalue weighted by atomic mass is 16.5. The van der Waals surface area contributed by atoms with Crippen LogP contribution in [0.5, 0.6) is 11.6 Å². The molecule has 1 fully saturated rings. The fourth-order valence-electron chi connectivity index (χ4n) is 3.01. The molecule has 6 nitrogen and oxygen atoms in total. The maximum atomic E-state index is 11.8. The number of nitrogens with zero attached hydrogens (tertiary/aromatic N) is 4. The van der Waals surface area contributed by atoms with Crippen molar-refractivity contribution in [2.75, 3.05) is 31.1 Å². The molecule has 3 rings (SSSR count). The summed E-state index contributed by atoms with van der Waals surface area (Å²) in [6.07, 6.45) is 4.64. The summed E-state index contributed by atoms with van der Waals surface area (Å²) < 4.78 is 6.01. The molecule has 1 aliphatic rings. The van der Waals surface area contributed by atoms with Gasteiger partial charge in [0.25, 0.3) is 5.88 Å². The largest absolute Gasteiger partial charge is 0.436 e. The molecule has 2 heterocycles. The number of amides is 1. The van der Waals surface area contributed by atoms with Gasteiger partial charge in [0.05, 0.1) is 0 Å². The fourth-order valence-corrected chi connectivity index (χ4v) is 3.01. The number of rotatable bonds is 4. The van der Waals surface area contributed by atoms with Crippen LogP contribution in [0.2, 0.25) is 0 Å². The van der Waals surface area contributed by atoms with Crippen LogP contribution in [0.3, 0.4) is 0 Å². The third-order valence-corrected chi connectivity index (χ3v) is 4.65. The molecule has 1 aliphatic heterocycles. The Kier molecular flexibility index (Phi) is 5.44. The zero-order chi connectivity index (χ0) is 19.4. The molecule has 0 unspecified atom stereocenters. The molecule has 0 N–H and O–H groups in total. The van der Waals surface area contributed by atoms with Gasteiger partial charge in [-0.3, -0.25) is 4.79 Å². The zero-order valence-electron chi connectivity index (χ0n) is 16.2. The van der Waals surface area contributed by atoms with E-state index in [1.54, 1.807) is 17.3 Å². The van der Waals surface area contributed by atoms with Gasteiger partial charge in [-0.05, 0) is 29.2 Å². The van der Waals surface area contributed by atoms with E-state index in [1.165, 1.54) is 11.6 Å². The lowest BCUT2D eigenvalue weighted by Crippen LogP contribution is -2.48. The summed E-state index contributed by atoms with van der Waals surface area (Å²) in [5.74, 6) is 1.86. The topological polar surface area (TPSA) is 58.6 Å². The Bertz CT molecular complexity index is 804. The maximum absolute atomic E-state index is 11.8. The number of hydrogen-bond donors (Lipinski definition) is 0. The van der Waals surface area contributed by atoms with Crippen LogP contribution < -0.4 is 9.64 Å². The average Bonchev–Trinajstić information content (AvgIpc) is 2.68. The zero-order valence-corrected chi connectivity index (χ0v) is 16.2. The Morgan fingerprint density at radius 3 is 2.30 bits per heavy atom. The molecule has 1 amide bonds. The number of hydrogen-bond acceptors (Lipinski definition) is 5. The summed E-state index contributed by atoms with van der Waals surface area (Å²) in [6, 6.07) is 8.07. The second-order valence-electron chi connectivity index (χ2n) is 7.58. The number of carbonyl (C=O) groups excluding carboxylic acids is 1. The van der Waals surface area contributed by atoms with Crippen molar-refractivity contribution in [2.24, 2.45) is 0 Å². The Labute approximate surface area is 160 Å². The lowest BCUT2D eigenvalue weighted by Gasteiger charge is -2.35. The minimum atomic E-state index is -0.0378. The van der Waals surface area contributed by atoms with Gasteiger partial charge in [0, 0.05) is 38.6 Å². The van der Waals surface area contributed by atoms with Crippen molar-refractivity contribution in [2.45, 2.75) is 26.2 Å². The molecule has 0 bridgehead atoms. The maximum Gasteiger partial charge on any atom is 0.263 e. The molecule has 0 atom stereocenters. The summed E-state index contributed by atoms with van der Waals surface area (Å²) in [5.41, 5.74) is 1.34. The van der Waals surface area contributed by atoms with E-state index >= 15 is 0 Å². The van der Waals surface area contributed by atoms with Crippen molar-refractivity contribution in [3.05, 3.63) is 54.9 Å². The van der Waals surface area contributed by atoms with Crippen LogP contribution in [-0.2, 0) is 10.2 Å². The van der Waals surface area contributed by atoms with Crippen LogP contribution >= 0.6 is 0 Å². The van der Waals surface area contributed by atoms with Gasteiger partial charge in [0.2, 0.25) is 5.91 Å². The van der Waals surface area contributed by atoms with E-state index in [0.29, 0.717) is 37.9 Å². The predicted octanol–water partition coefficient (Wildman–Crippen LogP) is 3.40. The van der Waals surface area contributed by atoms with E-state index in [0.717, 1.165) is 5.75 Å². The molecule has 6 heteroatoms. The number of aromatic nitrogens is 2. The summed E-state index contributed by atoms with van der Waals surface area (Å²) in [5, 5.41) is 0. The van der Waals surface area contributed by atoms with Gasteiger partial charge in [-0.2, -0.15) is 0 Å².